The van der Waals surface area contributed by atoms with Gasteiger partial charge in [0, 0.05) is 19.6 Å². The van der Waals surface area contributed by atoms with Crippen molar-refractivity contribution >= 4 is 22.8 Å². The molecule has 0 bridgehead atoms. The number of piperidine rings is 1. The Kier molecular flexibility index (Phi) is 5.84. The average Bonchev–Trinajstić information content (AvgIpc) is 3.45. The molecule has 2 saturated heterocycles. The number of aromatic amines is 1. The van der Waals surface area contributed by atoms with Crippen molar-refractivity contribution in [3.05, 3.63) is 53.7 Å². The van der Waals surface area contributed by atoms with Gasteiger partial charge in [0.1, 0.15) is 0 Å². The molecule has 3 aromatic rings. The van der Waals surface area contributed by atoms with Crippen molar-refractivity contribution in [3.63, 3.8) is 0 Å². The van der Waals surface area contributed by atoms with Crippen LogP contribution in [0.25, 0.3) is 11.0 Å². The number of carbonyl (C=O) groups excluding carboxylic acids is 1. The number of hydrogen-bond acceptors (Lipinski definition) is 5. The Morgan fingerprint density at radius 3 is 2.71 bits per heavy atom. The van der Waals surface area contributed by atoms with Gasteiger partial charge in [-0.15, -0.1) is 0 Å². The molecular weight excluding hydrogens is 388 g/mol. The largest absolute Gasteiger partial charge is 0.364 e. The van der Waals surface area contributed by atoms with Crippen molar-refractivity contribution in [3.8, 4) is 0 Å². The zero-order chi connectivity index (χ0) is 21.0. The number of benzene rings is 1. The molecule has 2 aliphatic rings. The molecule has 2 aromatic heterocycles. The summed E-state index contributed by atoms with van der Waals surface area (Å²) in [6.45, 7) is 3.99. The van der Waals surface area contributed by atoms with Gasteiger partial charge in [-0.3, -0.25) is 14.8 Å². The molecule has 0 saturated carbocycles. The Bertz CT molecular complexity index is 1030. The second-order valence-corrected chi connectivity index (χ2v) is 8.61. The molecular formula is C24H30N6O. The van der Waals surface area contributed by atoms with Gasteiger partial charge in [0.15, 0.2) is 11.5 Å². The highest BCUT2D eigenvalue weighted by Crippen LogP contribution is 2.32. The van der Waals surface area contributed by atoms with E-state index in [4.69, 9.17) is 4.98 Å². The highest BCUT2D eigenvalue weighted by molar-refractivity contribution is 5.87. The van der Waals surface area contributed by atoms with E-state index in [1.807, 2.05) is 23.1 Å². The lowest BCUT2D eigenvalue weighted by Crippen LogP contribution is -2.42. The van der Waals surface area contributed by atoms with E-state index in [0.717, 1.165) is 74.4 Å². The first-order valence-electron chi connectivity index (χ1n) is 11.4. The van der Waals surface area contributed by atoms with Crippen LogP contribution < -0.4 is 5.32 Å². The fraction of sp³-hybridized carbons (Fsp3) is 0.458. The molecule has 1 atom stereocenters. The number of amides is 1. The fourth-order valence-corrected chi connectivity index (χ4v) is 4.79. The second-order valence-electron chi connectivity index (χ2n) is 8.61. The summed E-state index contributed by atoms with van der Waals surface area (Å²) >= 11 is 0. The maximum Gasteiger partial charge on any atom is 0.236 e. The number of H-pyrrole nitrogens is 1. The molecule has 0 radical (unpaired) electrons. The lowest BCUT2D eigenvalue weighted by atomic mass is 10.1. The van der Waals surface area contributed by atoms with E-state index >= 15 is 0 Å². The summed E-state index contributed by atoms with van der Waals surface area (Å²) in [6, 6.07) is 14.7. The molecule has 1 aromatic carbocycles. The predicted octanol–water partition coefficient (Wildman–Crippen LogP) is 3.72. The Morgan fingerprint density at radius 2 is 1.87 bits per heavy atom. The highest BCUT2D eigenvalue weighted by Gasteiger charge is 2.30. The molecule has 2 fully saturated rings. The number of rotatable bonds is 6. The Balaban J connectivity index is 1.27. The smallest absolute Gasteiger partial charge is 0.236 e. The zero-order valence-corrected chi connectivity index (χ0v) is 17.9. The highest BCUT2D eigenvalue weighted by atomic mass is 16.2. The molecule has 162 valence electrons. The first-order chi connectivity index (χ1) is 15.3. The van der Waals surface area contributed by atoms with Crippen LogP contribution in [0.4, 0.5) is 5.82 Å². The Hall–Kier alpha value is -2.93. The third-order valence-electron chi connectivity index (χ3n) is 6.50. The van der Waals surface area contributed by atoms with E-state index in [9.17, 15) is 4.79 Å². The van der Waals surface area contributed by atoms with E-state index in [1.165, 1.54) is 12.0 Å². The molecule has 2 N–H and O–H groups in total. The van der Waals surface area contributed by atoms with Gasteiger partial charge < -0.3 is 10.2 Å². The van der Waals surface area contributed by atoms with Gasteiger partial charge >= 0.3 is 0 Å². The molecule has 31 heavy (non-hydrogen) atoms. The number of likely N-dealkylation sites (tertiary alicyclic amines) is 2. The Morgan fingerprint density at radius 1 is 1.03 bits per heavy atom. The van der Waals surface area contributed by atoms with Crippen LogP contribution in [0, 0.1) is 0 Å². The quantitative estimate of drug-likeness (QED) is 0.638. The van der Waals surface area contributed by atoms with Crippen LogP contribution >= 0.6 is 0 Å². The van der Waals surface area contributed by atoms with Crippen molar-refractivity contribution in [1.29, 1.82) is 0 Å². The lowest BCUT2D eigenvalue weighted by Gasteiger charge is -2.30. The molecule has 0 spiro atoms. The predicted molar refractivity (Wildman–Crippen MR) is 122 cm³/mol. The van der Waals surface area contributed by atoms with Gasteiger partial charge in [-0.25, -0.2) is 4.98 Å². The normalized spacial score (nSPS) is 19.7. The van der Waals surface area contributed by atoms with E-state index in [1.54, 1.807) is 0 Å². The molecule has 4 heterocycles. The SMILES string of the molecule is O=C(CN1CCCC1c1ccc2c(NCc3ccccc3)n[nH]c2n1)N1CCCCC1. The first kappa shape index (κ1) is 20.0. The molecule has 0 aliphatic carbocycles. The lowest BCUT2D eigenvalue weighted by molar-refractivity contribution is -0.133. The topological polar surface area (TPSA) is 77.1 Å². The number of nitrogens with one attached hydrogen (secondary N) is 2. The van der Waals surface area contributed by atoms with Crippen molar-refractivity contribution in [2.24, 2.45) is 0 Å². The van der Waals surface area contributed by atoms with Crippen LogP contribution in [0.2, 0.25) is 0 Å². The van der Waals surface area contributed by atoms with Gasteiger partial charge in [0.2, 0.25) is 5.91 Å². The summed E-state index contributed by atoms with van der Waals surface area (Å²) in [5, 5.41) is 11.9. The summed E-state index contributed by atoms with van der Waals surface area (Å²) in [5.74, 6) is 1.09. The second kappa shape index (κ2) is 9.06. The summed E-state index contributed by atoms with van der Waals surface area (Å²) in [6.07, 6.45) is 5.65. The van der Waals surface area contributed by atoms with E-state index in [2.05, 4.69) is 44.7 Å². The zero-order valence-electron chi connectivity index (χ0n) is 17.9. The average molecular weight is 419 g/mol. The van der Waals surface area contributed by atoms with Crippen LogP contribution in [0.15, 0.2) is 42.5 Å². The minimum Gasteiger partial charge on any atom is -0.364 e. The minimum absolute atomic E-state index is 0.196. The number of aromatic nitrogens is 3. The van der Waals surface area contributed by atoms with Crippen LogP contribution in [0.3, 0.4) is 0 Å². The number of nitrogens with zero attached hydrogens (tertiary/aromatic N) is 4. The van der Waals surface area contributed by atoms with Crippen LogP contribution in [0.5, 0.6) is 0 Å². The number of pyridine rings is 1. The maximum atomic E-state index is 12.8. The van der Waals surface area contributed by atoms with Crippen molar-refractivity contribution in [2.45, 2.75) is 44.7 Å². The van der Waals surface area contributed by atoms with Crippen LogP contribution in [-0.2, 0) is 11.3 Å². The number of carbonyl (C=O) groups is 1. The first-order valence-corrected chi connectivity index (χ1v) is 11.4. The minimum atomic E-state index is 0.196. The van der Waals surface area contributed by atoms with E-state index in [0.29, 0.717) is 6.54 Å². The molecule has 1 unspecified atom stereocenters. The third kappa shape index (κ3) is 4.42. The fourth-order valence-electron chi connectivity index (χ4n) is 4.79. The van der Waals surface area contributed by atoms with E-state index in [-0.39, 0.29) is 11.9 Å². The van der Waals surface area contributed by atoms with Gasteiger partial charge in [-0.1, -0.05) is 30.3 Å². The van der Waals surface area contributed by atoms with Crippen molar-refractivity contribution in [2.75, 3.05) is 31.5 Å². The summed E-state index contributed by atoms with van der Waals surface area (Å²) in [7, 11) is 0. The molecule has 2 aliphatic heterocycles. The number of fused-ring (bicyclic) bond motifs is 1. The van der Waals surface area contributed by atoms with Crippen LogP contribution in [-0.4, -0.2) is 57.1 Å². The van der Waals surface area contributed by atoms with Gasteiger partial charge in [0.25, 0.3) is 0 Å². The van der Waals surface area contributed by atoms with Crippen molar-refractivity contribution < 1.29 is 4.79 Å². The number of hydrogen-bond donors (Lipinski definition) is 2. The standard InChI is InChI=1S/C24H30N6O/c31-22(29-13-5-2-6-14-29)17-30-15-7-10-21(30)20-12-11-19-23(27-28-24(19)26-20)25-16-18-8-3-1-4-9-18/h1,3-4,8-9,11-12,21H,2,5-7,10,13-17H2,(H2,25,26,27,28). The number of anilines is 1. The summed E-state index contributed by atoms with van der Waals surface area (Å²) < 4.78 is 0. The molecule has 7 nitrogen and oxygen atoms in total. The van der Waals surface area contributed by atoms with E-state index < -0.39 is 0 Å². The Labute approximate surface area is 182 Å². The van der Waals surface area contributed by atoms with Gasteiger partial charge in [-0.05, 0) is 56.3 Å². The van der Waals surface area contributed by atoms with Gasteiger partial charge in [0.05, 0.1) is 23.7 Å². The molecule has 1 amide bonds. The van der Waals surface area contributed by atoms with Crippen LogP contribution in [0.1, 0.15) is 49.4 Å². The maximum absolute atomic E-state index is 12.8. The molecule has 5 rings (SSSR count). The van der Waals surface area contributed by atoms with Gasteiger partial charge in [-0.2, -0.15) is 5.10 Å². The summed E-state index contributed by atoms with van der Waals surface area (Å²) in [5.41, 5.74) is 3.03. The molecule has 7 heteroatoms. The summed E-state index contributed by atoms with van der Waals surface area (Å²) in [4.78, 5) is 22.0. The van der Waals surface area contributed by atoms with Crippen molar-refractivity contribution in [1.82, 2.24) is 25.0 Å². The monoisotopic (exact) mass is 418 g/mol. The third-order valence-corrected chi connectivity index (χ3v) is 6.50.